The fourth-order valence-corrected chi connectivity index (χ4v) is 5.63. The van der Waals surface area contributed by atoms with E-state index in [1.807, 2.05) is 74.1 Å². The number of rotatable bonds is 20. The number of aliphatic carboxylic acids is 4. The second-order valence-corrected chi connectivity index (χ2v) is 12.3. The summed E-state index contributed by atoms with van der Waals surface area (Å²) in [7, 11) is 7.55. The predicted molar refractivity (Wildman–Crippen MR) is 192 cm³/mol. The van der Waals surface area contributed by atoms with Gasteiger partial charge in [0.2, 0.25) is 5.36 Å². The van der Waals surface area contributed by atoms with Gasteiger partial charge in [-0.25, -0.2) is 4.58 Å². The zero-order chi connectivity index (χ0) is 38.8. The van der Waals surface area contributed by atoms with Crippen molar-refractivity contribution in [2.24, 2.45) is 0 Å². The van der Waals surface area contributed by atoms with Crippen LogP contribution in [0.1, 0.15) is 0 Å². The van der Waals surface area contributed by atoms with Crippen LogP contribution in [0.2, 0.25) is 0 Å². The maximum atomic E-state index is 11.9. The monoisotopic (exact) mass is 737 g/mol. The number of fused-ring (bicyclic) bond motifs is 2. The van der Waals surface area contributed by atoms with E-state index in [1.165, 1.54) is 17.0 Å². The van der Waals surface area contributed by atoms with Crippen molar-refractivity contribution in [3.05, 3.63) is 53.9 Å². The Morgan fingerprint density at radius 3 is 2.02 bits per heavy atom. The molecule has 1 aliphatic carbocycles. The molecule has 0 atom stereocenters. The number of carboxylic acid groups (broad SMARTS) is 4. The predicted octanol–water partition coefficient (Wildman–Crippen LogP) is 1.68. The summed E-state index contributed by atoms with van der Waals surface area (Å²) in [6.07, 6.45) is 0. The molecule has 0 unspecified atom stereocenters. The van der Waals surface area contributed by atoms with Gasteiger partial charge in [-0.15, -0.1) is 0 Å². The second kappa shape index (κ2) is 17.8. The number of ether oxygens (including phenoxy) is 3. The molecule has 1 aliphatic heterocycles. The number of benzene rings is 3. The summed E-state index contributed by atoms with van der Waals surface area (Å²) < 4.78 is 25.5. The smallest absolute Gasteiger partial charge is 0.323 e. The largest absolute Gasteiger partial charge is 0.489 e. The minimum Gasteiger partial charge on any atom is -0.489 e. The van der Waals surface area contributed by atoms with Crippen LogP contribution in [0.25, 0.3) is 33.4 Å². The van der Waals surface area contributed by atoms with E-state index in [-0.39, 0.29) is 50.0 Å². The molecule has 0 aromatic heterocycles. The van der Waals surface area contributed by atoms with Crippen LogP contribution in [0.4, 0.5) is 11.4 Å². The van der Waals surface area contributed by atoms with Crippen molar-refractivity contribution < 1.29 is 63.0 Å². The fourth-order valence-electron chi connectivity index (χ4n) is 5.63. The molecule has 2 aromatic rings. The standard InChI is InChI=1S/C36H40N4O13/c1-37(2)22-5-7-24-29(13-22)53-30-14-23(38(3)4)6-8-25(30)36(24)26-15-31(51-12-11-50-10-9-39(17-32(42)43)18-33(44)45)27(16-28(26)52-21-41)40(19-34(46)47)20-35(48)49/h5-8,13-16,21H,9-12,17-20H2,1-4H3,(H3-,42,43,44,45,46,47,48,49)/p+1. The lowest BCUT2D eigenvalue weighted by Gasteiger charge is -2.26. The molecule has 0 fully saturated rings. The summed E-state index contributed by atoms with van der Waals surface area (Å²) in [6.45, 7) is -2.51. The van der Waals surface area contributed by atoms with Gasteiger partial charge in [-0.1, -0.05) is 0 Å². The van der Waals surface area contributed by atoms with E-state index in [2.05, 4.69) is 0 Å². The number of carbonyl (C=O) groups excluding carboxylic acids is 1. The van der Waals surface area contributed by atoms with E-state index in [9.17, 15) is 34.2 Å². The van der Waals surface area contributed by atoms with Gasteiger partial charge in [-0.05, 0) is 24.3 Å². The highest BCUT2D eigenvalue weighted by atomic mass is 16.5. The Hall–Kier alpha value is -6.20. The van der Waals surface area contributed by atoms with Crippen LogP contribution < -0.4 is 29.2 Å². The fraction of sp³-hybridized carbons (Fsp3) is 0.333. The van der Waals surface area contributed by atoms with Crippen LogP contribution in [0.5, 0.6) is 11.5 Å². The van der Waals surface area contributed by atoms with Crippen LogP contribution >= 0.6 is 0 Å². The highest BCUT2D eigenvalue weighted by Crippen LogP contribution is 2.47. The van der Waals surface area contributed by atoms with E-state index in [1.54, 1.807) is 0 Å². The van der Waals surface area contributed by atoms with E-state index in [4.69, 9.17) is 28.8 Å². The summed E-state index contributed by atoms with van der Waals surface area (Å²) in [5, 5.41) is 39.0. The summed E-state index contributed by atoms with van der Waals surface area (Å²) in [5.41, 5.74) is 2.93. The highest BCUT2D eigenvalue weighted by Gasteiger charge is 2.26. The molecule has 4 rings (SSSR count). The lowest BCUT2D eigenvalue weighted by Crippen LogP contribution is -2.37. The van der Waals surface area contributed by atoms with Gasteiger partial charge in [0.15, 0.2) is 0 Å². The summed E-state index contributed by atoms with van der Waals surface area (Å²) >= 11 is 0. The quantitative estimate of drug-likeness (QED) is 0.0439. The first kappa shape index (κ1) is 39.6. The number of carboxylic acids is 4. The molecule has 17 nitrogen and oxygen atoms in total. The van der Waals surface area contributed by atoms with Gasteiger partial charge in [-0.3, -0.25) is 28.9 Å². The van der Waals surface area contributed by atoms with Crippen LogP contribution in [0.15, 0.2) is 52.9 Å². The second-order valence-electron chi connectivity index (χ2n) is 12.3. The molecule has 0 saturated heterocycles. The van der Waals surface area contributed by atoms with Crippen molar-refractivity contribution in [3.63, 3.8) is 0 Å². The number of anilines is 2. The first-order valence-electron chi connectivity index (χ1n) is 16.2. The molecule has 0 saturated carbocycles. The Kier molecular flexibility index (Phi) is 13.3. The Bertz CT molecular complexity index is 2010. The maximum absolute atomic E-state index is 11.9. The molecule has 282 valence electrons. The third kappa shape index (κ3) is 10.4. The van der Waals surface area contributed by atoms with Gasteiger partial charge >= 0.3 is 23.9 Å². The average molecular weight is 738 g/mol. The zero-order valence-corrected chi connectivity index (χ0v) is 29.6. The summed E-state index contributed by atoms with van der Waals surface area (Å²) in [4.78, 5) is 62.0. The Morgan fingerprint density at radius 2 is 1.43 bits per heavy atom. The molecule has 0 spiro atoms. The van der Waals surface area contributed by atoms with Gasteiger partial charge in [0.25, 0.3) is 6.47 Å². The molecular formula is C36H41N4O13+. The molecular weight excluding hydrogens is 696 g/mol. The number of nitrogens with zero attached hydrogens (tertiary/aromatic N) is 4. The molecule has 0 radical (unpaired) electrons. The van der Waals surface area contributed by atoms with Crippen molar-refractivity contribution in [1.82, 2.24) is 9.48 Å². The van der Waals surface area contributed by atoms with Gasteiger partial charge in [0.05, 0.1) is 38.1 Å². The van der Waals surface area contributed by atoms with Crippen molar-refractivity contribution in [3.8, 4) is 33.9 Å². The van der Waals surface area contributed by atoms with Crippen LogP contribution in [0.3, 0.4) is 0 Å². The van der Waals surface area contributed by atoms with E-state index >= 15 is 0 Å². The summed E-state index contributed by atoms with van der Waals surface area (Å²) in [5.74, 6) is -4.52. The normalized spacial score (nSPS) is 11.0. The van der Waals surface area contributed by atoms with Crippen molar-refractivity contribution in [1.29, 1.82) is 0 Å². The van der Waals surface area contributed by atoms with Crippen LogP contribution in [0, 0.1) is 0 Å². The molecule has 53 heavy (non-hydrogen) atoms. The minimum absolute atomic E-state index is 0.00100. The molecule has 0 amide bonds. The third-order valence-electron chi connectivity index (χ3n) is 7.98. The van der Waals surface area contributed by atoms with Gasteiger partial charge in [0, 0.05) is 66.6 Å². The summed E-state index contributed by atoms with van der Waals surface area (Å²) in [6, 6.07) is 14.1. The van der Waals surface area contributed by atoms with Crippen LogP contribution in [-0.4, -0.2) is 136 Å². The Labute approximate surface area is 303 Å². The maximum Gasteiger partial charge on any atom is 0.323 e. The average Bonchev–Trinajstić information content (AvgIpc) is 3.07. The topological polar surface area (TPSA) is 220 Å². The SMILES string of the molecule is CN(C)c1ccc2c(-c3cc(OCCOCCN(CC(=O)O)CC(=O)O)c(N(CC(=O)O)CC(=O)O)cc3OC=O)c3ccc(=[N+](C)C)cc-3oc2c1. The van der Waals surface area contributed by atoms with Crippen molar-refractivity contribution >= 4 is 52.7 Å². The highest BCUT2D eigenvalue weighted by molar-refractivity contribution is 6.05. The van der Waals surface area contributed by atoms with Gasteiger partial charge in [-0.2, -0.15) is 0 Å². The molecule has 4 N–H and O–H groups in total. The van der Waals surface area contributed by atoms with E-state index in [0.717, 1.165) is 15.9 Å². The molecule has 1 heterocycles. The zero-order valence-electron chi connectivity index (χ0n) is 29.6. The molecule has 0 bridgehead atoms. The lowest BCUT2D eigenvalue weighted by atomic mass is 9.92. The van der Waals surface area contributed by atoms with Gasteiger partial charge < -0.3 is 48.9 Å². The van der Waals surface area contributed by atoms with Crippen molar-refractivity contribution in [2.45, 2.75) is 0 Å². The van der Waals surface area contributed by atoms with Gasteiger partial charge in [0.1, 0.15) is 56.6 Å². The first-order valence-corrected chi connectivity index (χ1v) is 16.2. The molecule has 17 heteroatoms. The lowest BCUT2D eigenvalue weighted by molar-refractivity contribution is -0.142. The Morgan fingerprint density at radius 1 is 0.774 bits per heavy atom. The number of hydrogen-bond donors (Lipinski definition) is 4. The first-order chi connectivity index (χ1) is 25.2. The number of carbonyl (C=O) groups is 5. The van der Waals surface area contributed by atoms with E-state index < -0.39 is 50.1 Å². The molecule has 2 aromatic carbocycles. The van der Waals surface area contributed by atoms with E-state index in [0.29, 0.717) is 33.4 Å². The third-order valence-corrected chi connectivity index (χ3v) is 7.98. The minimum atomic E-state index is -1.33. The number of hydrogen-bond acceptors (Lipinski definition) is 12. The van der Waals surface area contributed by atoms with Crippen LogP contribution in [-0.2, 0) is 28.7 Å². The van der Waals surface area contributed by atoms with Crippen molar-refractivity contribution in [2.75, 3.05) is 90.5 Å². The molecule has 2 aliphatic rings. The Balaban J connectivity index is 1.86.